The molecule has 0 fully saturated rings. The standard InChI is InChI=1S/C11H15NO4/c1-4-5-8(11(15)16)12-9(13)6(2)7(3)10(12)14/h8H,4-5H2,1-3H3,(H,15,16). The molecule has 0 saturated carbocycles. The number of aliphatic carboxylic acids is 1. The molecule has 5 heteroatoms. The highest BCUT2D eigenvalue weighted by molar-refractivity contribution is 6.20. The van der Waals surface area contributed by atoms with E-state index < -0.39 is 23.8 Å². The first-order valence-electron chi connectivity index (χ1n) is 5.20. The number of hydrogen-bond acceptors (Lipinski definition) is 3. The van der Waals surface area contributed by atoms with Crippen LogP contribution < -0.4 is 0 Å². The third kappa shape index (κ3) is 1.85. The predicted octanol–water partition coefficient (Wildman–Crippen LogP) is 0.945. The van der Waals surface area contributed by atoms with E-state index >= 15 is 0 Å². The molecule has 1 rings (SSSR count). The normalized spacial score (nSPS) is 18.3. The Kier molecular flexibility index (Phi) is 3.47. The van der Waals surface area contributed by atoms with Gasteiger partial charge in [0.05, 0.1) is 0 Å². The number of amides is 2. The zero-order chi connectivity index (χ0) is 12.5. The van der Waals surface area contributed by atoms with E-state index in [1.54, 1.807) is 13.8 Å². The molecular weight excluding hydrogens is 210 g/mol. The fourth-order valence-electron chi connectivity index (χ4n) is 1.69. The first kappa shape index (κ1) is 12.4. The first-order chi connectivity index (χ1) is 7.41. The Morgan fingerprint density at radius 1 is 1.25 bits per heavy atom. The summed E-state index contributed by atoms with van der Waals surface area (Å²) in [4.78, 5) is 35.3. The number of rotatable bonds is 4. The third-order valence-electron chi connectivity index (χ3n) is 2.80. The average Bonchev–Trinajstić information content (AvgIpc) is 2.41. The monoisotopic (exact) mass is 225 g/mol. The lowest BCUT2D eigenvalue weighted by Gasteiger charge is -2.22. The van der Waals surface area contributed by atoms with Crippen molar-refractivity contribution in [1.82, 2.24) is 4.90 Å². The van der Waals surface area contributed by atoms with Gasteiger partial charge in [0.1, 0.15) is 6.04 Å². The van der Waals surface area contributed by atoms with Crippen LogP contribution in [0.15, 0.2) is 11.1 Å². The third-order valence-corrected chi connectivity index (χ3v) is 2.80. The molecule has 2 amide bonds. The average molecular weight is 225 g/mol. The van der Waals surface area contributed by atoms with E-state index in [0.717, 1.165) is 4.90 Å². The zero-order valence-corrected chi connectivity index (χ0v) is 9.61. The largest absolute Gasteiger partial charge is 0.480 e. The lowest BCUT2D eigenvalue weighted by molar-refractivity contribution is -0.154. The Morgan fingerprint density at radius 2 is 1.69 bits per heavy atom. The van der Waals surface area contributed by atoms with Crippen LogP contribution in [0.2, 0.25) is 0 Å². The summed E-state index contributed by atoms with van der Waals surface area (Å²) >= 11 is 0. The highest BCUT2D eigenvalue weighted by Gasteiger charge is 2.40. The van der Waals surface area contributed by atoms with Crippen molar-refractivity contribution in [3.8, 4) is 0 Å². The van der Waals surface area contributed by atoms with Gasteiger partial charge in [-0.05, 0) is 20.3 Å². The summed E-state index contributed by atoms with van der Waals surface area (Å²) in [5.41, 5.74) is 0.680. The maximum absolute atomic E-state index is 11.7. The van der Waals surface area contributed by atoms with Crippen LogP contribution in [0.25, 0.3) is 0 Å². The number of carbonyl (C=O) groups is 3. The van der Waals surface area contributed by atoms with Crippen LogP contribution in [-0.2, 0) is 14.4 Å². The van der Waals surface area contributed by atoms with Gasteiger partial charge in [0.2, 0.25) is 0 Å². The van der Waals surface area contributed by atoms with Gasteiger partial charge in [-0.1, -0.05) is 13.3 Å². The summed E-state index contributed by atoms with van der Waals surface area (Å²) in [6.45, 7) is 4.90. The summed E-state index contributed by atoms with van der Waals surface area (Å²) < 4.78 is 0. The molecule has 1 N–H and O–H groups in total. The molecule has 16 heavy (non-hydrogen) atoms. The molecule has 1 atom stereocenters. The van der Waals surface area contributed by atoms with E-state index in [-0.39, 0.29) is 6.42 Å². The van der Waals surface area contributed by atoms with Crippen LogP contribution in [0.3, 0.4) is 0 Å². The number of nitrogens with zero attached hydrogens (tertiary/aromatic N) is 1. The van der Waals surface area contributed by atoms with Crippen molar-refractivity contribution in [1.29, 1.82) is 0 Å². The maximum atomic E-state index is 11.7. The van der Waals surface area contributed by atoms with Gasteiger partial charge in [-0.2, -0.15) is 0 Å². The number of carbonyl (C=O) groups excluding carboxylic acids is 2. The molecule has 0 aliphatic carbocycles. The Hall–Kier alpha value is -1.65. The van der Waals surface area contributed by atoms with Crippen LogP contribution in [0, 0.1) is 0 Å². The number of carboxylic acids is 1. The van der Waals surface area contributed by atoms with Gasteiger partial charge in [0, 0.05) is 11.1 Å². The van der Waals surface area contributed by atoms with Crippen molar-refractivity contribution >= 4 is 17.8 Å². The molecule has 1 heterocycles. The van der Waals surface area contributed by atoms with Crippen LogP contribution in [-0.4, -0.2) is 33.8 Å². The van der Waals surface area contributed by atoms with Crippen molar-refractivity contribution in [3.05, 3.63) is 11.1 Å². The van der Waals surface area contributed by atoms with E-state index in [0.29, 0.717) is 17.6 Å². The van der Waals surface area contributed by atoms with Crippen molar-refractivity contribution in [2.24, 2.45) is 0 Å². The van der Waals surface area contributed by atoms with Gasteiger partial charge in [-0.25, -0.2) is 4.79 Å². The predicted molar refractivity (Wildman–Crippen MR) is 56.6 cm³/mol. The second kappa shape index (κ2) is 4.47. The van der Waals surface area contributed by atoms with Crippen LogP contribution in [0.5, 0.6) is 0 Å². The lowest BCUT2D eigenvalue weighted by atomic mass is 10.1. The minimum Gasteiger partial charge on any atom is -0.480 e. The van der Waals surface area contributed by atoms with Crippen molar-refractivity contribution in [3.63, 3.8) is 0 Å². The van der Waals surface area contributed by atoms with Crippen LogP contribution in [0.4, 0.5) is 0 Å². The fourth-order valence-corrected chi connectivity index (χ4v) is 1.69. The highest BCUT2D eigenvalue weighted by Crippen LogP contribution is 2.23. The summed E-state index contributed by atoms with van der Waals surface area (Å²) in [7, 11) is 0. The SMILES string of the molecule is CCCC(C(=O)O)N1C(=O)C(C)=C(C)C1=O. The van der Waals surface area contributed by atoms with Gasteiger partial charge in [0.25, 0.3) is 11.8 Å². The lowest BCUT2D eigenvalue weighted by Crippen LogP contribution is -2.45. The Balaban J connectivity index is 3.02. The molecule has 5 nitrogen and oxygen atoms in total. The molecule has 88 valence electrons. The van der Waals surface area contributed by atoms with Crippen molar-refractivity contribution < 1.29 is 19.5 Å². The fraction of sp³-hybridized carbons (Fsp3) is 0.545. The molecule has 0 aromatic rings. The van der Waals surface area contributed by atoms with E-state index in [2.05, 4.69) is 0 Å². The molecule has 1 unspecified atom stereocenters. The molecule has 0 spiro atoms. The van der Waals surface area contributed by atoms with Gasteiger partial charge < -0.3 is 5.11 Å². The van der Waals surface area contributed by atoms with Crippen LogP contribution >= 0.6 is 0 Å². The van der Waals surface area contributed by atoms with Crippen LogP contribution in [0.1, 0.15) is 33.6 Å². The molecule has 0 bridgehead atoms. The summed E-state index contributed by atoms with van der Waals surface area (Å²) in [6, 6.07) is -1.04. The number of hydrogen-bond donors (Lipinski definition) is 1. The van der Waals surface area contributed by atoms with Crippen molar-refractivity contribution in [2.75, 3.05) is 0 Å². The van der Waals surface area contributed by atoms with E-state index in [1.165, 1.54) is 0 Å². The Bertz CT molecular complexity index is 359. The maximum Gasteiger partial charge on any atom is 0.326 e. The van der Waals surface area contributed by atoms with Crippen molar-refractivity contribution in [2.45, 2.75) is 39.7 Å². The molecule has 0 radical (unpaired) electrons. The Labute approximate surface area is 93.7 Å². The summed E-state index contributed by atoms with van der Waals surface area (Å²) in [6.07, 6.45) is 0.888. The zero-order valence-electron chi connectivity index (χ0n) is 9.61. The van der Waals surface area contributed by atoms with E-state index in [9.17, 15) is 14.4 Å². The second-order valence-corrected chi connectivity index (χ2v) is 3.87. The summed E-state index contributed by atoms with van der Waals surface area (Å²) in [5.74, 6) is -2.10. The molecular formula is C11H15NO4. The molecule has 0 saturated heterocycles. The minimum absolute atomic E-state index is 0.285. The molecule has 1 aliphatic rings. The van der Waals surface area contributed by atoms with Gasteiger partial charge in [-0.15, -0.1) is 0 Å². The topological polar surface area (TPSA) is 74.7 Å². The quantitative estimate of drug-likeness (QED) is 0.723. The van der Waals surface area contributed by atoms with E-state index in [4.69, 9.17) is 5.11 Å². The first-order valence-corrected chi connectivity index (χ1v) is 5.20. The smallest absolute Gasteiger partial charge is 0.326 e. The van der Waals surface area contributed by atoms with Gasteiger partial charge in [0.15, 0.2) is 0 Å². The van der Waals surface area contributed by atoms with E-state index in [1.807, 2.05) is 6.92 Å². The molecule has 1 aliphatic heterocycles. The summed E-state index contributed by atoms with van der Waals surface area (Å²) in [5, 5.41) is 9.01. The Morgan fingerprint density at radius 3 is 2.00 bits per heavy atom. The molecule has 0 aromatic carbocycles. The number of carboxylic acid groups (broad SMARTS) is 1. The van der Waals surface area contributed by atoms with Gasteiger partial charge in [-0.3, -0.25) is 14.5 Å². The molecule has 0 aromatic heterocycles. The van der Waals surface area contributed by atoms with Gasteiger partial charge >= 0.3 is 5.97 Å². The number of imide groups is 1. The highest BCUT2D eigenvalue weighted by atomic mass is 16.4. The minimum atomic E-state index is -1.13. The second-order valence-electron chi connectivity index (χ2n) is 3.87.